The summed E-state index contributed by atoms with van der Waals surface area (Å²) in [5.74, 6) is 0. The lowest BCUT2D eigenvalue weighted by molar-refractivity contribution is 0.350. The van der Waals surface area contributed by atoms with E-state index in [2.05, 4.69) is 23.9 Å². The van der Waals surface area contributed by atoms with Crippen molar-refractivity contribution < 1.29 is 8.42 Å². The summed E-state index contributed by atoms with van der Waals surface area (Å²) in [5.41, 5.74) is 1.13. The van der Waals surface area contributed by atoms with Crippen LogP contribution in [0.5, 0.6) is 0 Å². The molecule has 0 saturated heterocycles. The van der Waals surface area contributed by atoms with Crippen LogP contribution in [0.2, 0.25) is 0 Å². The van der Waals surface area contributed by atoms with Crippen molar-refractivity contribution in [2.75, 3.05) is 12.4 Å². The second-order valence-corrected chi connectivity index (χ2v) is 7.70. The van der Waals surface area contributed by atoms with Gasteiger partial charge in [-0.2, -0.15) is 0 Å². The van der Waals surface area contributed by atoms with Crippen LogP contribution >= 0.6 is 0 Å². The number of nitrogens with one attached hydrogen (secondary N) is 2. The second kappa shape index (κ2) is 5.13. The van der Waals surface area contributed by atoms with E-state index >= 15 is 0 Å². The van der Waals surface area contributed by atoms with Gasteiger partial charge in [0, 0.05) is 11.7 Å². The number of sulfonamides is 1. The molecule has 1 atom stereocenters. The monoisotopic (exact) mass is 282 g/mol. The molecule has 1 aromatic rings. The average Bonchev–Trinajstić information content (AvgIpc) is 2.69. The van der Waals surface area contributed by atoms with E-state index < -0.39 is 10.0 Å². The summed E-state index contributed by atoms with van der Waals surface area (Å²) in [4.78, 5) is 0.302. The highest BCUT2D eigenvalue weighted by atomic mass is 32.2. The first-order valence-electron chi connectivity index (χ1n) is 6.65. The van der Waals surface area contributed by atoms with Crippen molar-refractivity contribution in [1.82, 2.24) is 4.72 Å². The smallest absolute Gasteiger partial charge is 0.240 e. The summed E-state index contributed by atoms with van der Waals surface area (Å²) in [5, 5.41) is 3.48. The van der Waals surface area contributed by atoms with Crippen LogP contribution in [0.3, 0.4) is 0 Å². The van der Waals surface area contributed by atoms with Gasteiger partial charge in [0.1, 0.15) is 0 Å². The van der Waals surface area contributed by atoms with E-state index in [9.17, 15) is 8.42 Å². The van der Waals surface area contributed by atoms with Crippen LogP contribution in [-0.2, 0) is 10.0 Å². The zero-order valence-corrected chi connectivity index (χ0v) is 12.5. The molecule has 2 N–H and O–H groups in total. The fourth-order valence-corrected chi connectivity index (χ4v) is 3.44. The van der Waals surface area contributed by atoms with Gasteiger partial charge in [0.2, 0.25) is 10.0 Å². The third-order valence-electron chi connectivity index (χ3n) is 4.01. The molecule has 1 aliphatic rings. The van der Waals surface area contributed by atoms with Crippen LogP contribution in [0.15, 0.2) is 29.2 Å². The lowest BCUT2D eigenvalue weighted by Crippen LogP contribution is -2.30. The van der Waals surface area contributed by atoms with Gasteiger partial charge in [0.25, 0.3) is 0 Å². The molecule has 0 radical (unpaired) electrons. The molecule has 1 unspecified atom stereocenters. The van der Waals surface area contributed by atoms with Crippen LogP contribution in [0.25, 0.3) is 0 Å². The molecule has 2 rings (SSSR count). The molecule has 4 nitrogen and oxygen atoms in total. The van der Waals surface area contributed by atoms with Crippen LogP contribution in [0, 0.1) is 5.41 Å². The molecule has 1 fully saturated rings. The van der Waals surface area contributed by atoms with Crippen LogP contribution in [-0.4, -0.2) is 21.5 Å². The quantitative estimate of drug-likeness (QED) is 0.892. The number of rotatable bonds is 4. The molecule has 0 spiro atoms. The molecule has 0 heterocycles. The summed E-state index contributed by atoms with van der Waals surface area (Å²) in [6.45, 7) is 4.51. The Morgan fingerprint density at radius 1 is 1.32 bits per heavy atom. The molecule has 106 valence electrons. The van der Waals surface area contributed by atoms with Crippen molar-refractivity contribution in [3.05, 3.63) is 24.3 Å². The number of hydrogen-bond donors (Lipinski definition) is 2. The summed E-state index contributed by atoms with van der Waals surface area (Å²) in [6.07, 6.45) is 3.56. The highest BCUT2D eigenvalue weighted by Crippen LogP contribution is 2.39. The van der Waals surface area contributed by atoms with Gasteiger partial charge in [-0.3, -0.25) is 0 Å². The van der Waals surface area contributed by atoms with E-state index in [1.807, 2.05) is 6.07 Å². The van der Waals surface area contributed by atoms with Gasteiger partial charge in [-0.1, -0.05) is 26.3 Å². The Morgan fingerprint density at radius 2 is 2.05 bits per heavy atom. The Morgan fingerprint density at radius 3 is 2.63 bits per heavy atom. The SMILES string of the molecule is CNS(=O)(=O)c1cccc(NC2CCCC2(C)C)c1. The molecule has 0 bridgehead atoms. The maximum absolute atomic E-state index is 11.8. The standard InChI is InChI=1S/C14H22N2O2S/c1-14(2)9-5-8-13(14)16-11-6-4-7-12(10-11)19(17,18)15-3/h4,6-7,10,13,15-16H,5,8-9H2,1-3H3. The summed E-state index contributed by atoms with van der Waals surface area (Å²) >= 11 is 0. The van der Waals surface area contributed by atoms with Crippen molar-refractivity contribution in [1.29, 1.82) is 0 Å². The van der Waals surface area contributed by atoms with Gasteiger partial charge in [0.05, 0.1) is 4.90 Å². The number of anilines is 1. The van der Waals surface area contributed by atoms with Crippen molar-refractivity contribution in [3.8, 4) is 0 Å². The fraction of sp³-hybridized carbons (Fsp3) is 0.571. The Labute approximate surface area is 115 Å². The van der Waals surface area contributed by atoms with E-state index in [0.29, 0.717) is 10.9 Å². The van der Waals surface area contributed by atoms with E-state index in [1.165, 1.54) is 19.9 Å². The minimum absolute atomic E-state index is 0.262. The normalized spacial score (nSPS) is 22.4. The molecule has 5 heteroatoms. The van der Waals surface area contributed by atoms with Crippen LogP contribution < -0.4 is 10.0 Å². The maximum atomic E-state index is 11.8. The molecule has 0 aliphatic heterocycles. The van der Waals surface area contributed by atoms with E-state index in [0.717, 1.165) is 12.1 Å². The van der Waals surface area contributed by atoms with Crippen LogP contribution in [0.1, 0.15) is 33.1 Å². The number of benzene rings is 1. The minimum Gasteiger partial charge on any atom is -0.382 e. The van der Waals surface area contributed by atoms with Crippen LogP contribution in [0.4, 0.5) is 5.69 Å². The lowest BCUT2D eigenvalue weighted by atomic mass is 9.87. The lowest BCUT2D eigenvalue weighted by Gasteiger charge is -2.28. The minimum atomic E-state index is -3.37. The van der Waals surface area contributed by atoms with Crippen molar-refractivity contribution in [3.63, 3.8) is 0 Å². The second-order valence-electron chi connectivity index (χ2n) is 5.81. The molecule has 19 heavy (non-hydrogen) atoms. The van der Waals surface area contributed by atoms with Gasteiger partial charge in [-0.05, 0) is 43.5 Å². The van der Waals surface area contributed by atoms with E-state index in [4.69, 9.17) is 0 Å². The van der Waals surface area contributed by atoms with Gasteiger partial charge in [0.15, 0.2) is 0 Å². The highest BCUT2D eigenvalue weighted by Gasteiger charge is 2.34. The first kappa shape index (κ1) is 14.3. The maximum Gasteiger partial charge on any atom is 0.240 e. The highest BCUT2D eigenvalue weighted by molar-refractivity contribution is 7.89. The zero-order valence-electron chi connectivity index (χ0n) is 11.7. The molecule has 1 aromatic carbocycles. The van der Waals surface area contributed by atoms with Crippen molar-refractivity contribution in [2.45, 2.75) is 44.0 Å². The number of hydrogen-bond acceptors (Lipinski definition) is 3. The third kappa shape index (κ3) is 3.09. The topological polar surface area (TPSA) is 58.2 Å². The summed E-state index contributed by atoms with van der Waals surface area (Å²) < 4.78 is 25.9. The molecule has 1 aliphatic carbocycles. The first-order valence-corrected chi connectivity index (χ1v) is 8.14. The summed E-state index contributed by atoms with van der Waals surface area (Å²) in [7, 11) is -1.95. The van der Waals surface area contributed by atoms with E-state index in [1.54, 1.807) is 18.2 Å². The fourth-order valence-electron chi connectivity index (χ4n) is 2.67. The largest absolute Gasteiger partial charge is 0.382 e. The molecule has 0 aromatic heterocycles. The summed E-state index contributed by atoms with van der Waals surface area (Å²) in [6, 6.07) is 7.40. The Kier molecular flexibility index (Phi) is 3.87. The zero-order chi connectivity index (χ0) is 14.1. The van der Waals surface area contributed by atoms with Crippen molar-refractivity contribution >= 4 is 15.7 Å². The third-order valence-corrected chi connectivity index (χ3v) is 5.42. The van der Waals surface area contributed by atoms with Gasteiger partial charge in [-0.25, -0.2) is 13.1 Å². The van der Waals surface area contributed by atoms with Crippen molar-refractivity contribution in [2.24, 2.45) is 5.41 Å². The van der Waals surface area contributed by atoms with Gasteiger partial charge < -0.3 is 5.32 Å². The Balaban J connectivity index is 2.21. The predicted octanol–water partition coefficient (Wildman–Crippen LogP) is 2.59. The Bertz CT molecular complexity index is 552. The molecular formula is C14H22N2O2S. The molecule has 0 amide bonds. The Hall–Kier alpha value is -1.07. The van der Waals surface area contributed by atoms with Gasteiger partial charge in [-0.15, -0.1) is 0 Å². The molecule has 1 saturated carbocycles. The molecular weight excluding hydrogens is 260 g/mol. The van der Waals surface area contributed by atoms with Gasteiger partial charge >= 0.3 is 0 Å². The van der Waals surface area contributed by atoms with E-state index in [-0.39, 0.29) is 5.41 Å². The predicted molar refractivity (Wildman–Crippen MR) is 77.7 cm³/mol. The average molecular weight is 282 g/mol. The first-order chi connectivity index (χ1) is 8.85.